The van der Waals surface area contributed by atoms with Gasteiger partial charge in [0.25, 0.3) is 0 Å². The highest BCUT2D eigenvalue weighted by Crippen LogP contribution is 2.28. The lowest BCUT2D eigenvalue weighted by Crippen LogP contribution is -2.47. The molecule has 0 spiro atoms. The summed E-state index contributed by atoms with van der Waals surface area (Å²) in [7, 11) is 1.28. The number of carbonyl (C=O) groups excluding carboxylic acids is 3. The van der Waals surface area contributed by atoms with Crippen LogP contribution in [0.25, 0.3) is 0 Å². The highest BCUT2D eigenvalue weighted by atomic mass is 16.6. The summed E-state index contributed by atoms with van der Waals surface area (Å²) in [6, 6.07) is -0.957. The fourth-order valence-corrected chi connectivity index (χ4v) is 2.18. The Kier molecular flexibility index (Phi) is 4.91. The molecule has 0 aromatic rings. The van der Waals surface area contributed by atoms with Crippen molar-refractivity contribution in [3.8, 4) is 0 Å². The van der Waals surface area contributed by atoms with Gasteiger partial charge in [-0.3, -0.25) is 4.90 Å². The first-order chi connectivity index (χ1) is 8.80. The van der Waals surface area contributed by atoms with E-state index < -0.39 is 23.7 Å². The second-order valence-electron chi connectivity index (χ2n) is 5.56. The van der Waals surface area contributed by atoms with Crippen LogP contribution in [0.3, 0.4) is 0 Å². The topological polar surface area (TPSA) is 72.9 Å². The van der Waals surface area contributed by atoms with Crippen LogP contribution in [-0.4, -0.2) is 48.0 Å². The van der Waals surface area contributed by atoms with Gasteiger partial charge in [-0.15, -0.1) is 0 Å². The fourth-order valence-electron chi connectivity index (χ4n) is 2.18. The monoisotopic (exact) mass is 271 g/mol. The average Bonchev–Trinajstić information content (AvgIpc) is 2.70. The van der Waals surface area contributed by atoms with Gasteiger partial charge in [0, 0.05) is 12.5 Å². The van der Waals surface area contributed by atoms with Crippen LogP contribution >= 0.6 is 0 Å². The highest BCUT2D eigenvalue weighted by Gasteiger charge is 2.43. The lowest BCUT2D eigenvalue weighted by molar-refractivity contribution is -0.146. The van der Waals surface area contributed by atoms with Crippen molar-refractivity contribution in [3.05, 3.63) is 0 Å². The van der Waals surface area contributed by atoms with Crippen LogP contribution in [0.1, 0.15) is 40.0 Å². The standard InChI is InChI=1S/C13H21NO5/c1-13(2,3)19-12(17)14-9(7-8-15)5-6-10(14)11(16)18-4/h8-10H,5-7H2,1-4H3. The van der Waals surface area contributed by atoms with Gasteiger partial charge in [-0.05, 0) is 33.6 Å². The third kappa shape index (κ3) is 3.94. The summed E-state index contributed by atoms with van der Waals surface area (Å²) < 4.78 is 9.98. The van der Waals surface area contributed by atoms with Crippen LogP contribution in [0.2, 0.25) is 0 Å². The quantitative estimate of drug-likeness (QED) is 0.574. The second-order valence-corrected chi connectivity index (χ2v) is 5.56. The number of likely N-dealkylation sites (tertiary alicyclic amines) is 1. The highest BCUT2D eigenvalue weighted by molar-refractivity contribution is 5.82. The molecule has 1 aliphatic heterocycles. The van der Waals surface area contributed by atoms with Crippen LogP contribution in [0.4, 0.5) is 4.79 Å². The van der Waals surface area contributed by atoms with Crippen molar-refractivity contribution >= 4 is 18.3 Å². The van der Waals surface area contributed by atoms with Gasteiger partial charge in [0.2, 0.25) is 0 Å². The number of amides is 1. The SMILES string of the molecule is COC(=O)C1CCC(CC=O)N1C(=O)OC(C)(C)C. The van der Waals surface area contributed by atoms with Gasteiger partial charge < -0.3 is 14.3 Å². The Morgan fingerprint density at radius 2 is 1.95 bits per heavy atom. The molecule has 1 fully saturated rings. The van der Waals surface area contributed by atoms with E-state index in [2.05, 4.69) is 0 Å². The first-order valence-corrected chi connectivity index (χ1v) is 6.33. The van der Waals surface area contributed by atoms with Crippen LogP contribution in [-0.2, 0) is 19.1 Å². The van der Waals surface area contributed by atoms with Crippen molar-refractivity contribution in [2.45, 2.75) is 57.7 Å². The van der Waals surface area contributed by atoms with Crippen molar-refractivity contribution in [2.24, 2.45) is 0 Å². The molecule has 0 radical (unpaired) electrons. The van der Waals surface area contributed by atoms with Crippen molar-refractivity contribution in [2.75, 3.05) is 7.11 Å². The molecule has 108 valence electrons. The van der Waals surface area contributed by atoms with E-state index in [1.807, 2.05) is 0 Å². The number of ether oxygens (including phenoxy) is 2. The van der Waals surface area contributed by atoms with Crippen LogP contribution in [0, 0.1) is 0 Å². The number of methoxy groups -OCH3 is 1. The van der Waals surface area contributed by atoms with Gasteiger partial charge in [0.1, 0.15) is 17.9 Å². The summed E-state index contributed by atoms with van der Waals surface area (Å²) in [5.41, 5.74) is -0.647. The number of hydrogen-bond donors (Lipinski definition) is 0. The van der Waals surface area contributed by atoms with Crippen LogP contribution < -0.4 is 0 Å². The number of carbonyl (C=O) groups is 3. The zero-order chi connectivity index (χ0) is 14.6. The largest absolute Gasteiger partial charge is 0.467 e. The average molecular weight is 271 g/mol. The molecule has 0 aromatic carbocycles. The number of nitrogens with zero attached hydrogens (tertiary/aromatic N) is 1. The Morgan fingerprint density at radius 1 is 1.32 bits per heavy atom. The van der Waals surface area contributed by atoms with Crippen molar-refractivity contribution in [1.82, 2.24) is 4.90 Å². The van der Waals surface area contributed by atoms with E-state index in [1.165, 1.54) is 12.0 Å². The molecule has 1 rings (SSSR count). The third-order valence-electron chi connectivity index (χ3n) is 2.95. The van der Waals surface area contributed by atoms with E-state index >= 15 is 0 Å². The van der Waals surface area contributed by atoms with Gasteiger partial charge in [0.15, 0.2) is 0 Å². The molecule has 1 saturated heterocycles. The molecular weight excluding hydrogens is 250 g/mol. The minimum atomic E-state index is -0.662. The smallest absolute Gasteiger partial charge is 0.411 e. The predicted molar refractivity (Wildman–Crippen MR) is 67.6 cm³/mol. The molecule has 6 heteroatoms. The third-order valence-corrected chi connectivity index (χ3v) is 2.95. The van der Waals surface area contributed by atoms with Gasteiger partial charge in [0.05, 0.1) is 7.11 Å². The Morgan fingerprint density at radius 3 is 2.42 bits per heavy atom. The molecule has 2 unspecified atom stereocenters. The summed E-state index contributed by atoms with van der Waals surface area (Å²) >= 11 is 0. The van der Waals surface area contributed by atoms with E-state index in [4.69, 9.17) is 9.47 Å². The van der Waals surface area contributed by atoms with E-state index in [0.717, 1.165) is 6.29 Å². The first kappa shape index (κ1) is 15.5. The van der Waals surface area contributed by atoms with Crippen molar-refractivity contribution in [1.29, 1.82) is 0 Å². The molecule has 1 heterocycles. The zero-order valence-corrected chi connectivity index (χ0v) is 11.8. The second kappa shape index (κ2) is 6.04. The Labute approximate surface area is 113 Å². The van der Waals surface area contributed by atoms with Gasteiger partial charge in [-0.1, -0.05) is 0 Å². The van der Waals surface area contributed by atoms with E-state index in [0.29, 0.717) is 12.8 Å². The molecule has 0 N–H and O–H groups in total. The molecular formula is C13H21NO5. The fraction of sp³-hybridized carbons (Fsp3) is 0.769. The van der Waals surface area contributed by atoms with Crippen LogP contribution in [0.15, 0.2) is 0 Å². The molecule has 2 atom stereocenters. The molecule has 1 aliphatic rings. The lowest BCUT2D eigenvalue weighted by Gasteiger charge is -2.30. The van der Waals surface area contributed by atoms with Gasteiger partial charge in [-0.2, -0.15) is 0 Å². The summed E-state index contributed by atoms with van der Waals surface area (Å²) in [6.45, 7) is 5.26. The molecule has 6 nitrogen and oxygen atoms in total. The number of esters is 1. The summed E-state index contributed by atoms with van der Waals surface area (Å²) in [6.07, 6.45) is 1.46. The summed E-state index contributed by atoms with van der Waals surface area (Å²) in [5, 5.41) is 0. The Bertz CT molecular complexity index is 361. The maximum atomic E-state index is 12.2. The molecule has 1 amide bonds. The summed E-state index contributed by atoms with van der Waals surface area (Å²) in [5.74, 6) is -0.473. The minimum Gasteiger partial charge on any atom is -0.467 e. The molecule has 0 aromatic heterocycles. The molecule has 19 heavy (non-hydrogen) atoms. The van der Waals surface area contributed by atoms with E-state index in [1.54, 1.807) is 20.8 Å². The van der Waals surface area contributed by atoms with E-state index in [-0.39, 0.29) is 12.5 Å². The zero-order valence-electron chi connectivity index (χ0n) is 11.8. The van der Waals surface area contributed by atoms with Gasteiger partial charge >= 0.3 is 12.1 Å². The maximum Gasteiger partial charge on any atom is 0.411 e. The van der Waals surface area contributed by atoms with E-state index in [9.17, 15) is 14.4 Å². The normalized spacial score (nSPS) is 23.1. The minimum absolute atomic E-state index is 0.201. The molecule has 0 aliphatic carbocycles. The number of aldehydes is 1. The van der Waals surface area contributed by atoms with Gasteiger partial charge in [-0.25, -0.2) is 9.59 Å². The molecule has 0 bridgehead atoms. The van der Waals surface area contributed by atoms with Crippen LogP contribution in [0.5, 0.6) is 0 Å². The van der Waals surface area contributed by atoms with Crippen molar-refractivity contribution in [3.63, 3.8) is 0 Å². The van der Waals surface area contributed by atoms with Crippen molar-refractivity contribution < 1.29 is 23.9 Å². The lowest BCUT2D eigenvalue weighted by atomic mass is 10.1. The summed E-state index contributed by atoms with van der Waals surface area (Å²) in [4.78, 5) is 35.8. The maximum absolute atomic E-state index is 12.2. The Balaban J connectivity index is 2.88. The Hall–Kier alpha value is -1.59. The molecule has 0 saturated carbocycles. The predicted octanol–water partition coefficient (Wildman–Crippen LogP) is 1.52. The number of rotatable bonds is 3. The number of hydrogen-bond acceptors (Lipinski definition) is 5. The first-order valence-electron chi connectivity index (χ1n) is 6.33.